The summed E-state index contributed by atoms with van der Waals surface area (Å²) in [5.74, 6) is 0.253. The van der Waals surface area contributed by atoms with Crippen molar-refractivity contribution < 1.29 is 19.1 Å². The lowest BCUT2D eigenvalue weighted by atomic mass is 9.91. The molecule has 4 heteroatoms. The molecule has 0 saturated heterocycles. The lowest BCUT2D eigenvalue weighted by Crippen LogP contribution is -2.10. The van der Waals surface area contributed by atoms with E-state index in [1.165, 1.54) is 12.2 Å². The molecular weight excluding hydrogens is 364 g/mol. The quantitative estimate of drug-likeness (QED) is 0.352. The van der Waals surface area contributed by atoms with Gasteiger partial charge in [-0.3, -0.25) is 0 Å². The topological polar surface area (TPSA) is 52.6 Å². The molecule has 29 heavy (non-hydrogen) atoms. The molecule has 0 aliphatic carbocycles. The average molecular weight is 392 g/mol. The molecule has 0 spiro atoms. The molecule has 152 valence electrons. The Hall–Kier alpha value is -3.14. The molecule has 0 atom stereocenters. The molecule has 0 radical (unpaired) electrons. The summed E-state index contributed by atoms with van der Waals surface area (Å²) >= 11 is 0. The molecule has 0 N–H and O–H groups in total. The number of carbonyl (C=O) groups excluding carboxylic acids is 2. The van der Waals surface area contributed by atoms with Crippen LogP contribution in [0.25, 0.3) is 0 Å². The Labute approximate surface area is 172 Å². The van der Waals surface area contributed by atoms with Crippen LogP contribution in [-0.4, -0.2) is 11.9 Å². The molecule has 0 aliphatic rings. The molecule has 0 bridgehead atoms. The first-order chi connectivity index (χ1) is 13.9. The van der Waals surface area contributed by atoms with Crippen LogP contribution in [0.15, 0.2) is 49.6 Å². The van der Waals surface area contributed by atoms with Crippen molar-refractivity contribution in [1.29, 1.82) is 0 Å². The van der Waals surface area contributed by atoms with E-state index in [4.69, 9.17) is 9.47 Å². The van der Waals surface area contributed by atoms with Crippen molar-refractivity contribution in [2.24, 2.45) is 0 Å². The van der Waals surface area contributed by atoms with Crippen molar-refractivity contribution in [3.63, 3.8) is 0 Å². The maximum atomic E-state index is 11.8. The molecule has 0 saturated carbocycles. The first-order valence-corrected chi connectivity index (χ1v) is 9.77. The summed E-state index contributed by atoms with van der Waals surface area (Å²) in [5.41, 5.74) is 5.94. The first kappa shape index (κ1) is 22.2. The lowest BCUT2D eigenvalue weighted by Gasteiger charge is -2.19. The van der Waals surface area contributed by atoms with Gasteiger partial charge in [0.2, 0.25) is 0 Å². The van der Waals surface area contributed by atoms with E-state index in [1.54, 1.807) is 0 Å². The number of hydrogen-bond acceptors (Lipinski definition) is 4. The van der Waals surface area contributed by atoms with Crippen LogP contribution in [0.1, 0.15) is 47.2 Å². The van der Waals surface area contributed by atoms with Gasteiger partial charge in [-0.15, -0.1) is 0 Å². The van der Waals surface area contributed by atoms with Gasteiger partial charge in [0.05, 0.1) is 0 Å². The summed E-state index contributed by atoms with van der Waals surface area (Å²) in [4.78, 5) is 23.6. The normalized spacial score (nSPS) is 10.3. The van der Waals surface area contributed by atoms with Gasteiger partial charge in [0, 0.05) is 12.2 Å². The van der Waals surface area contributed by atoms with Crippen molar-refractivity contribution in [3.8, 4) is 11.5 Å². The van der Waals surface area contributed by atoms with Crippen molar-refractivity contribution in [2.75, 3.05) is 0 Å². The number of carbonyl (C=O) groups is 2. The second-order valence-corrected chi connectivity index (χ2v) is 6.83. The van der Waals surface area contributed by atoms with Gasteiger partial charge in [-0.2, -0.15) is 0 Å². The van der Waals surface area contributed by atoms with E-state index in [-0.39, 0.29) is 0 Å². The van der Waals surface area contributed by atoms with Gasteiger partial charge in [0.15, 0.2) is 0 Å². The van der Waals surface area contributed by atoms with Crippen molar-refractivity contribution in [3.05, 3.63) is 83.0 Å². The lowest BCUT2D eigenvalue weighted by molar-refractivity contribution is -0.129. The maximum absolute atomic E-state index is 11.8. The summed E-state index contributed by atoms with van der Waals surface area (Å²) in [6, 6.07) is 8.04. The smallest absolute Gasteiger partial charge is 0.335 e. The van der Waals surface area contributed by atoms with Crippen molar-refractivity contribution >= 4 is 11.9 Å². The Morgan fingerprint density at radius 3 is 1.48 bits per heavy atom. The summed E-state index contributed by atoms with van der Waals surface area (Å²) in [6.07, 6.45) is 4.43. The third-order valence-electron chi connectivity index (χ3n) is 4.94. The Kier molecular flexibility index (Phi) is 7.54. The highest BCUT2D eigenvalue weighted by Crippen LogP contribution is 2.33. The number of benzene rings is 2. The predicted octanol–water partition coefficient (Wildman–Crippen LogP) is 5.20. The van der Waals surface area contributed by atoms with Gasteiger partial charge in [-0.25, -0.2) is 9.59 Å². The van der Waals surface area contributed by atoms with Crippen LogP contribution in [0.2, 0.25) is 0 Å². The van der Waals surface area contributed by atoms with Gasteiger partial charge in [-0.1, -0.05) is 51.3 Å². The van der Waals surface area contributed by atoms with Gasteiger partial charge in [0.1, 0.15) is 11.5 Å². The highest BCUT2D eigenvalue weighted by atomic mass is 16.5. The van der Waals surface area contributed by atoms with Crippen LogP contribution in [0.3, 0.4) is 0 Å². The zero-order chi connectivity index (χ0) is 21.6. The summed E-state index contributed by atoms with van der Waals surface area (Å²) in [6.45, 7) is 14.9. The monoisotopic (exact) mass is 392 g/mol. The number of hydrogen-bond donors (Lipinski definition) is 0. The van der Waals surface area contributed by atoms with E-state index >= 15 is 0 Å². The minimum atomic E-state index is -0.469. The summed E-state index contributed by atoms with van der Waals surface area (Å²) in [5, 5.41) is 0. The Balaban J connectivity index is 2.53. The van der Waals surface area contributed by atoms with Gasteiger partial charge in [-0.05, 0) is 66.5 Å². The molecule has 0 aliphatic heterocycles. The number of aryl methyl sites for hydroxylation is 2. The van der Waals surface area contributed by atoms with Gasteiger partial charge >= 0.3 is 11.9 Å². The second-order valence-electron chi connectivity index (χ2n) is 6.83. The molecule has 4 nitrogen and oxygen atoms in total. The van der Waals surface area contributed by atoms with Crippen LogP contribution in [-0.2, 0) is 28.9 Å². The fraction of sp³-hybridized carbons (Fsp3) is 0.280. The Morgan fingerprint density at radius 1 is 0.793 bits per heavy atom. The predicted molar refractivity (Wildman–Crippen MR) is 116 cm³/mol. The molecule has 0 fully saturated rings. The summed E-state index contributed by atoms with van der Waals surface area (Å²) < 4.78 is 11.0. The Morgan fingerprint density at radius 2 is 1.17 bits per heavy atom. The van der Waals surface area contributed by atoms with E-state index in [9.17, 15) is 9.59 Å². The molecule has 2 aromatic rings. The number of esters is 2. The van der Waals surface area contributed by atoms with Crippen LogP contribution < -0.4 is 9.47 Å². The molecule has 0 amide bonds. The van der Waals surface area contributed by atoms with Gasteiger partial charge < -0.3 is 9.47 Å². The maximum Gasteiger partial charge on any atom is 0.335 e. The van der Waals surface area contributed by atoms with E-state index in [2.05, 4.69) is 25.3 Å². The van der Waals surface area contributed by atoms with E-state index in [0.29, 0.717) is 17.9 Å². The van der Waals surface area contributed by atoms with Gasteiger partial charge in [0.25, 0.3) is 0 Å². The molecule has 0 unspecified atom stereocenters. The van der Waals surface area contributed by atoms with Crippen molar-refractivity contribution in [2.45, 2.75) is 47.0 Å². The largest absolute Gasteiger partial charge is 0.423 e. The SMILES string of the molecule is C=CC(=O)Oc1c(C)ccc(Cc2ccc(C)c(OC(=O)C=C)c2CC)c1CC. The van der Waals surface area contributed by atoms with Crippen molar-refractivity contribution in [1.82, 2.24) is 0 Å². The Bertz CT molecular complexity index is 876. The van der Waals surface area contributed by atoms with E-state index in [0.717, 1.165) is 46.2 Å². The summed E-state index contributed by atoms with van der Waals surface area (Å²) in [7, 11) is 0. The highest BCUT2D eigenvalue weighted by molar-refractivity contribution is 5.84. The number of rotatable bonds is 8. The van der Waals surface area contributed by atoms with E-state index in [1.807, 2.05) is 39.8 Å². The minimum absolute atomic E-state index is 0.469. The standard InChI is InChI=1S/C25H28O4/c1-7-20-18(13-11-16(5)24(20)28-22(26)9-3)15-19-14-12-17(6)25(21(19)8-2)29-23(27)10-4/h9-14H,3-4,7-8,15H2,1-2,5-6H3. The molecule has 0 aromatic heterocycles. The fourth-order valence-electron chi connectivity index (χ4n) is 3.45. The minimum Gasteiger partial charge on any atom is -0.423 e. The molecule has 0 heterocycles. The van der Waals surface area contributed by atoms with Crippen LogP contribution in [0.5, 0.6) is 11.5 Å². The zero-order valence-corrected chi connectivity index (χ0v) is 17.6. The van der Waals surface area contributed by atoms with Crippen LogP contribution in [0, 0.1) is 13.8 Å². The first-order valence-electron chi connectivity index (χ1n) is 9.77. The zero-order valence-electron chi connectivity index (χ0n) is 17.6. The highest BCUT2D eigenvalue weighted by Gasteiger charge is 2.18. The molecular formula is C25H28O4. The third-order valence-corrected chi connectivity index (χ3v) is 4.94. The van der Waals surface area contributed by atoms with Crippen LogP contribution >= 0.6 is 0 Å². The number of ether oxygens (including phenoxy) is 2. The molecule has 2 aromatic carbocycles. The third kappa shape index (κ3) is 5.02. The molecule has 2 rings (SSSR count). The van der Waals surface area contributed by atoms with E-state index < -0.39 is 11.9 Å². The van der Waals surface area contributed by atoms with Crippen LogP contribution in [0.4, 0.5) is 0 Å². The fourth-order valence-corrected chi connectivity index (χ4v) is 3.45. The average Bonchev–Trinajstić information content (AvgIpc) is 2.72. The second kappa shape index (κ2) is 9.87.